The predicted molar refractivity (Wildman–Crippen MR) is 98.7 cm³/mol. The van der Waals surface area contributed by atoms with Crippen LogP contribution in [-0.4, -0.2) is 43.2 Å². The molecule has 1 saturated heterocycles. The Morgan fingerprint density at radius 1 is 1.28 bits per heavy atom. The zero-order valence-electron chi connectivity index (χ0n) is 15.7. The first-order chi connectivity index (χ1) is 11.7. The minimum absolute atomic E-state index is 0.00375. The van der Waals surface area contributed by atoms with Crippen molar-refractivity contribution in [1.82, 2.24) is 14.5 Å². The lowest BCUT2D eigenvalue weighted by atomic mass is 10.2. The first kappa shape index (κ1) is 21.3. The third-order valence-electron chi connectivity index (χ3n) is 3.49. The molecule has 0 amide bonds. The second kappa shape index (κ2) is 9.10. The number of aliphatic hydroxyl groups is 2. The Balaban J connectivity index is 0.000000388. The molecule has 0 bridgehead atoms. The highest BCUT2D eigenvalue weighted by Crippen LogP contribution is 2.33. The summed E-state index contributed by atoms with van der Waals surface area (Å²) in [5, 5.41) is 17.1. The summed E-state index contributed by atoms with van der Waals surface area (Å²) in [6, 6.07) is 0. The van der Waals surface area contributed by atoms with Crippen LogP contribution < -0.4 is 11.5 Å². The van der Waals surface area contributed by atoms with Crippen molar-refractivity contribution in [2.45, 2.75) is 65.6 Å². The van der Waals surface area contributed by atoms with E-state index in [-0.39, 0.29) is 12.3 Å². The van der Waals surface area contributed by atoms with Gasteiger partial charge in [-0.2, -0.15) is 0 Å². The standard InChI is InChI=1S/C12H17N5O.C3H8O2.C2H6/c1-7-5-17(9-3-2-8(4-13)18-9)12-10(7)11(14)15-6-16-12;1-3(2,4)5;1-2/h5-6,8-9H,2-4,13H2,1H3,(H2,14,15,16);4-5H,1-2H3;1-2H3. The Morgan fingerprint density at radius 3 is 2.40 bits per heavy atom. The Labute approximate surface area is 148 Å². The van der Waals surface area contributed by atoms with Crippen LogP contribution >= 0.6 is 0 Å². The van der Waals surface area contributed by atoms with Crippen LogP contribution in [0.3, 0.4) is 0 Å². The molecule has 1 aliphatic rings. The fourth-order valence-electron chi connectivity index (χ4n) is 2.58. The Bertz CT molecular complexity index is 660. The summed E-state index contributed by atoms with van der Waals surface area (Å²) in [7, 11) is 0. The van der Waals surface area contributed by atoms with Gasteiger partial charge in [0.1, 0.15) is 24.0 Å². The second-order valence-electron chi connectivity index (χ2n) is 6.20. The molecule has 8 heteroatoms. The number of anilines is 1. The number of rotatable bonds is 2. The summed E-state index contributed by atoms with van der Waals surface area (Å²) < 4.78 is 7.93. The van der Waals surface area contributed by atoms with E-state index in [1.165, 1.54) is 20.2 Å². The van der Waals surface area contributed by atoms with E-state index in [0.29, 0.717) is 12.4 Å². The highest BCUT2D eigenvalue weighted by atomic mass is 16.5. The number of hydrogen-bond donors (Lipinski definition) is 4. The zero-order chi connectivity index (χ0) is 19.2. The highest BCUT2D eigenvalue weighted by Gasteiger charge is 2.27. The molecule has 6 N–H and O–H groups in total. The number of aryl methyl sites for hydroxylation is 1. The molecule has 3 rings (SSSR count). The van der Waals surface area contributed by atoms with E-state index in [2.05, 4.69) is 9.97 Å². The number of aromatic nitrogens is 3. The maximum atomic E-state index is 8.08. The van der Waals surface area contributed by atoms with E-state index in [9.17, 15) is 0 Å². The maximum absolute atomic E-state index is 8.08. The molecule has 142 valence electrons. The molecule has 25 heavy (non-hydrogen) atoms. The van der Waals surface area contributed by atoms with Crippen molar-refractivity contribution in [3.63, 3.8) is 0 Å². The van der Waals surface area contributed by atoms with Gasteiger partial charge in [-0.1, -0.05) is 13.8 Å². The minimum Gasteiger partial charge on any atom is -0.383 e. The third-order valence-corrected chi connectivity index (χ3v) is 3.49. The number of nitrogens with zero attached hydrogens (tertiary/aromatic N) is 3. The summed E-state index contributed by atoms with van der Waals surface area (Å²) >= 11 is 0. The molecule has 2 aromatic heterocycles. The van der Waals surface area contributed by atoms with Crippen LogP contribution in [0.1, 0.15) is 52.3 Å². The van der Waals surface area contributed by atoms with Crippen molar-refractivity contribution in [3.8, 4) is 0 Å². The summed E-state index contributed by atoms with van der Waals surface area (Å²) in [5.41, 5.74) is 13.4. The molecule has 1 fully saturated rings. The van der Waals surface area contributed by atoms with Gasteiger partial charge in [-0.25, -0.2) is 9.97 Å². The van der Waals surface area contributed by atoms with Gasteiger partial charge >= 0.3 is 0 Å². The first-order valence-electron chi connectivity index (χ1n) is 8.58. The van der Waals surface area contributed by atoms with E-state index < -0.39 is 5.79 Å². The molecule has 0 spiro atoms. The van der Waals surface area contributed by atoms with Crippen molar-refractivity contribution in [1.29, 1.82) is 0 Å². The third kappa shape index (κ3) is 5.93. The lowest BCUT2D eigenvalue weighted by molar-refractivity contribution is -0.127. The van der Waals surface area contributed by atoms with Crippen LogP contribution in [0, 0.1) is 6.92 Å². The lowest BCUT2D eigenvalue weighted by Gasteiger charge is -2.14. The molecule has 2 atom stereocenters. The van der Waals surface area contributed by atoms with Crippen LogP contribution in [0.2, 0.25) is 0 Å². The van der Waals surface area contributed by atoms with Gasteiger partial charge in [0.2, 0.25) is 0 Å². The smallest absolute Gasteiger partial charge is 0.156 e. The molecule has 3 heterocycles. The predicted octanol–water partition coefficient (Wildman–Crippen LogP) is 1.69. The van der Waals surface area contributed by atoms with Crippen LogP contribution in [-0.2, 0) is 4.74 Å². The van der Waals surface area contributed by atoms with Gasteiger partial charge < -0.3 is 31.0 Å². The number of fused-ring (bicyclic) bond motifs is 1. The maximum Gasteiger partial charge on any atom is 0.156 e. The van der Waals surface area contributed by atoms with Crippen molar-refractivity contribution in [3.05, 3.63) is 18.1 Å². The molecule has 2 aromatic rings. The molecule has 0 radical (unpaired) electrons. The normalized spacial score (nSPS) is 19.8. The SMILES string of the molecule is CC.CC(C)(O)O.Cc1cn(C2CCC(CN)O2)c2ncnc(N)c12. The number of nitrogen functional groups attached to an aromatic ring is 1. The molecular formula is C17H31N5O3. The van der Waals surface area contributed by atoms with E-state index in [0.717, 1.165) is 29.4 Å². The number of hydrogen-bond acceptors (Lipinski definition) is 7. The minimum atomic E-state index is -1.50. The molecule has 1 aliphatic heterocycles. The monoisotopic (exact) mass is 353 g/mol. The average molecular weight is 353 g/mol. The van der Waals surface area contributed by atoms with Gasteiger partial charge in [-0.05, 0) is 39.2 Å². The molecule has 0 aromatic carbocycles. The summed E-state index contributed by atoms with van der Waals surface area (Å²) in [6.45, 7) is 9.17. The van der Waals surface area contributed by atoms with Crippen molar-refractivity contribution in [2.24, 2.45) is 5.73 Å². The molecule has 8 nitrogen and oxygen atoms in total. The molecule has 0 saturated carbocycles. The van der Waals surface area contributed by atoms with Gasteiger partial charge in [0.15, 0.2) is 5.79 Å². The highest BCUT2D eigenvalue weighted by molar-refractivity contribution is 5.89. The van der Waals surface area contributed by atoms with Crippen molar-refractivity contribution < 1.29 is 14.9 Å². The number of nitrogens with two attached hydrogens (primary N) is 2. The van der Waals surface area contributed by atoms with Crippen LogP contribution in [0.25, 0.3) is 11.0 Å². The van der Waals surface area contributed by atoms with Gasteiger partial charge in [0.05, 0.1) is 11.5 Å². The van der Waals surface area contributed by atoms with Crippen LogP contribution in [0.15, 0.2) is 12.5 Å². The van der Waals surface area contributed by atoms with Crippen molar-refractivity contribution in [2.75, 3.05) is 12.3 Å². The number of ether oxygens (including phenoxy) is 1. The van der Waals surface area contributed by atoms with Crippen LogP contribution in [0.4, 0.5) is 5.82 Å². The molecule has 0 aliphatic carbocycles. The zero-order valence-corrected chi connectivity index (χ0v) is 15.7. The van der Waals surface area contributed by atoms with Crippen molar-refractivity contribution >= 4 is 16.9 Å². The summed E-state index contributed by atoms with van der Waals surface area (Å²) in [4.78, 5) is 8.35. The fourth-order valence-corrected chi connectivity index (χ4v) is 2.58. The Morgan fingerprint density at radius 2 is 1.88 bits per heavy atom. The first-order valence-corrected chi connectivity index (χ1v) is 8.58. The van der Waals surface area contributed by atoms with E-state index >= 15 is 0 Å². The Hall–Kier alpha value is -1.74. The van der Waals surface area contributed by atoms with Crippen LogP contribution in [0.5, 0.6) is 0 Å². The van der Waals surface area contributed by atoms with Gasteiger partial charge in [0.25, 0.3) is 0 Å². The molecular weight excluding hydrogens is 322 g/mol. The van der Waals surface area contributed by atoms with E-state index in [1.807, 2.05) is 31.5 Å². The second-order valence-corrected chi connectivity index (χ2v) is 6.20. The van der Waals surface area contributed by atoms with Gasteiger partial charge in [0, 0.05) is 12.7 Å². The van der Waals surface area contributed by atoms with E-state index in [4.69, 9.17) is 26.4 Å². The summed E-state index contributed by atoms with van der Waals surface area (Å²) in [6.07, 6.45) is 5.61. The Kier molecular flexibility index (Phi) is 7.75. The largest absolute Gasteiger partial charge is 0.383 e. The summed E-state index contributed by atoms with van der Waals surface area (Å²) in [5.74, 6) is -0.982. The quantitative estimate of drug-likeness (QED) is 0.604. The topological polar surface area (TPSA) is 132 Å². The fraction of sp³-hybridized carbons (Fsp3) is 0.647. The van der Waals surface area contributed by atoms with E-state index in [1.54, 1.807) is 0 Å². The average Bonchev–Trinajstić information content (AvgIpc) is 3.13. The van der Waals surface area contributed by atoms with Gasteiger partial charge in [-0.3, -0.25) is 0 Å². The molecule has 2 unspecified atom stereocenters. The van der Waals surface area contributed by atoms with Gasteiger partial charge in [-0.15, -0.1) is 0 Å². The lowest BCUT2D eigenvalue weighted by Crippen LogP contribution is -2.20.